The largest absolute Gasteiger partial charge is 0.490 e. The molecule has 0 saturated carbocycles. The molecule has 1 aromatic rings. The van der Waals surface area contributed by atoms with Crippen LogP contribution < -0.4 is 14.8 Å². The van der Waals surface area contributed by atoms with Gasteiger partial charge in [-0.25, -0.2) is 0 Å². The minimum Gasteiger partial charge on any atom is -0.490 e. The number of hydrogen-bond acceptors (Lipinski definition) is 3. The van der Waals surface area contributed by atoms with Gasteiger partial charge in [0.15, 0.2) is 11.5 Å². The van der Waals surface area contributed by atoms with Crippen molar-refractivity contribution in [2.24, 2.45) is 0 Å². The van der Waals surface area contributed by atoms with Crippen molar-refractivity contribution in [2.75, 3.05) is 19.8 Å². The maximum Gasteiger partial charge on any atom is 0.220 e. The van der Waals surface area contributed by atoms with Crippen LogP contribution in [0.3, 0.4) is 0 Å². The van der Waals surface area contributed by atoms with E-state index in [1.54, 1.807) is 0 Å². The Morgan fingerprint density at radius 2 is 2.05 bits per heavy atom. The van der Waals surface area contributed by atoms with Gasteiger partial charge in [0.2, 0.25) is 17.5 Å². The maximum absolute atomic E-state index is 14.0. The molecule has 0 bridgehead atoms. The summed E-state index contributed by atoms with van der Waals surface area (Å²) in [4.78, 5) is 11.7. The van der Waals surface area contributed by atoms with Gasteiger partial charge in [-0.05, 0) is 12.8 Å². The molecule has 6 heteroatoms. The average molecular weight is 311 g/mol. The fourth-order valence-electron chi connectivity index (χ4n) is 3.09. The van der Waals surface area contributed by atoms with Crippen molar-refractivity contribution >= 4 is 5.91 Å². The molecule has 1 amide bonds. The highest BCUT2D eigenvalue weighted by atomic mass is 19.2. The number of carbonyl (C=O) groups is 1. The highest BCUT2D eigenvalue weighted by molar-refractivity contribution is 5.76. The quantitative estimate of drug-likeness (QED) is 0.909. The Morgan fingerprint density at radius 1 is 1.27 bits per heavy atom. The number of carbonyl (C=O) groups excluding carboxylic acids is 1. The first-order chi connectivity index (χ1) is 10.6. The molecule has 4 nitrogen and oxygen atoms in total. The highest BCUT2D eigenvalue weighted by Crippen LogP contribution is 2.47. The van der Waals surface area contributed by atoms with Crippen LogP contribution in [-0.4, -0.2) is 25.7 Å². The van der Waals surface area contributed by atoms with Gasteiger partial charge in [0.25, 0.3) is 0 Å². The van der Waals surface area contributed by atoms with Gasteiger partial charge in [0.1, 0.15) is 0 Å². The van der Waals surface area contributed by atoms with E-state index in [-0.39, 0.29) is 29.9 Å². The van der Waals surface area contributed by atoms with E-state index in [1.165, 1.54) is 0 Å². The summed E-state index contributed by atoms with van der Waals surface area (Å²) in [5, 5.41) is 2.81. The van der Waals surface area contributed by atoms with E-state index < -0.39 is 11.6 Å². The van der Waals surface area contributed by atoms with Gasteiger partial charge in [-0.2, -0.15) is 8.78 Å². The standard InChI is InChI=1S/C16H19F2NO3/c1-2-6-19-11(20)4-3-9-8-22-16-12(9)10-5-7-21-15(10)13(17)14(16)18/h9H,2-8H2,1H3,(H,19,20)/t9-/m1/s1. The lowest BCUT2D eigenvalue weighted by molar-refractivity contribution is -0.121. The Morgan fingerprint density at radius 3 is 2.82 bits per heavy atom. The van der Waals surface area contributed by atoms with E-state index in [0.29, 0.717) is 43.5 Å². The smallest absolute Gasteiger partial charge is 0.220 e. The number of hydrogen-bond donors (Lipinski definition) is 1. The second-order valence-electron chi connectivity index (χ2n) is 5.67. The molecular weight excluding hydrogens is 292 g/mol. The van der Waals surface area contributed by atoms with Crippen molar-refractivity contribution in [1.82, 2.24) is 5.32 Å². The van der Waals surface area contributed by atoms with Crippen LogP contribution in [0.1, 0.15) is 43.2 Å². The number of fused-ring (bicyclic) bond motifs is 3. The average Bonchev–Trinajstić information content (AvgIpc) is 3.14. The number of ether oxygens (including phenoxy) is 2. The summed E-state index contributed by atoms with van der Waals surface area (Å²) in [6.45, 7) is 3.27. The van der Waals surface area contributed by atoms with Crippen molar-refractivity contribution < 1.29 is 23.0 Å². The van der Waals surface area contributed by atoms with Crippen molar-refractivity contribution in [3.8, 4) is 11.5 Å². The van der Waals surface area contributed by atoms with Gasteiger partial charge in [-0.15, -0.1) is 0 Å². The summed E-state index contributed by atoms with van der Waals surface area (Å²) < 4.78 is 38.5. The molecule has 1 N–H and O–H groups in total. The minimum atomic E-state index is -0.978. The van der Waals surface area contributed by atoms with Crippen LogP contribution in [0.25, 0.3) is 0 Å². The summed E-state index contributed by atoms with van der Waals surface area (Å²) in [6.07, 6.45) is 2.34. The van der Waals surface area contributed by atoms with E-state index in [2.05, 4.69) is 5.32 Å². The highest BCUT2D eigenvalue weighted by Gasteiger charge is 2.37. The number of amides is 1. The fourth-order valence-corrected chi connectivity index (χ4v) is 3.09. The molecule has 0 spiro atoms. The molecule has 0 unspecified atom stereocenters. The van der Waals surface area contributed by atoms with Gasteiger partial charge in [0, 0.05) is 36.4 Å². The third-order valence-corrected chi connectivity index (χ3v) is 4.16. The van der Waals surface area contributed by atoms with Gasteiger partial charge >= 0.3 is 0 Å². The fraction of sp³-hybridized carbons (Fsp3) is 0.562. The first-order valence-electron chi connectivity index (χ1n) is 7.69. The van der Waals surface area contributed by atoms with Crippen molar-refractivity contribution in [2.45, 2.75) is 38.5 Å². The monoisotopic (exact) mass is 311 g/mol. The predicted molar refractivity (Wildman–Crippen MR) is 76.3 cm³/mol. The molecule has 2 heterocycles. The van der Waals surface area contributed by atoms with E-state index in [9.17, 15) is 13.6 Å². The maximum atomic E-state index is 14.0. The Hall–Kier alpha value is -1.85. The van der Waals surface area contributed by atoms with Crippen LogP contribution in [0.5, 0.6) is 11.5 Å². The molecule has 3 rings (SSSR count). The summed E-state index contributed by atoms with van der Waals surface area (Å²) in [7, 11) is 0. The zero-order valence-electron chi connectivity index (χ0n) is 12.5. The summed E-state index contributed by atoms with van der Waals surface area (Å²) in [5.41, 5.74) is 1.39. The lowest BCUT2D eigenvalue weighted by Gasteiger charge is -2.12. The number of nitrogens with one attached hydrogen (secondary N) is 1. The zero-order valence-corrected chi connectivity index (χ0v) is 12.5. The molecule has 0 aliphatic carbocycles. The minimum absolute atomic E-state index is 0.000663. The van der Waals surface area contributed by atoms with Gasteiger partial charge in [0.05, 0.1) is 13.2 Å². The third kappa shape index (κ3) is 2.51. The van der Waals surface area contributed by atoms with E-state index in [0.717, 1.165) is 6.42 Å². The second kappa shape index (κ2) is 6.10. The van der Waals surface area contributed by atoms with Crippen molar-refractivity contribution in [3.05, 3.63) is 22.8 Å². The Balaban J connectivity index is 1.79. The van der Waals surface area contributed by atoms with Gasteiger partial charge in [-0.1, -0.05) is 6.92 Å². The number of halogens is 2. The van der Waals surface area contributed by atoms with Crippen LogP contribution in [0.2, 0.25) is 0 Å². The molecule has 120 valence electrons. The van der Waals surface area contributed by atoms with Crippen LogP contribution in [0.15, 0.2) is 0 Å². The van der Waals surface area contributed by atoms with E-state index in [4.69, 9.17) is 9.47 Å². The van der Waals surface area contributed by atoms with E-state index in [1.807, 2.05) is 6.92 Å². The molecule has 2 aliphatic rings. The molecule has 2 aliphatic heterocycles. The summed E-state index contributed by atoms with van der Waals surface area (Å²) in [6, 6.07) is 0. The summed E-state index contributed by atoms with van der Waals surface area (Å²) in [5.74, 6) is -2.04. The molecule has 22 heavy (non-hydrogen) atoms. The first kappa shape index (κ1) is 15.1. The van der Waals surface area contributed by atoms with E-state index >= 15 is 0 Å². The number of benzene rings is 1. The lowest BCUT2D eigenvalue weighted by Crippen LogP contribution is -2.24. The molecule has 0 saturated heterocycles. The molecule has 0 fully saturated rings. The van der Waals surface area contributed by atoms with Crippen molar-refractivity contribution in [1.29, 1.82) is 0 Å². The lowest BCUT2D eigenvalue weighted by atomic mass is 9.90. The van der Waals surface area contributed by atoms with Crippen LogP contribution >= 0.6 is 0 Å². The second-order valence-corrected chi connectivity index (χ2v) is 5.67. The topological polar surface area (TPSA) is 47.6 Å². The third-order valence-electron chi connectivity index (χ3n) is 4.16. The first-order valence-corrected chi connectivity index (χ1v) is 7.69. The molecular formula is C16H19F2NO3. The molecule has 0 aromatic heterocycles. The van der Waals surface area contributed by atoms with Crippen LogP contribution in [0, 0.1) is 11.6 Å². The Bertz CT molecular complexity index is 604. The molecule has 1 aromatic carbocycles. The molecule has 0 radical (unpaired) electrons. The van der Waals surface area contributed by atoms with Gasteiger partial charge < -0.3 is 14.8 Å². The zero-order chi connectivity index (χ0) is 15.7. The SMILES string of the molecule is CCCNC(=O)CC[C@@H]1COc2c(F)c(F)c3c(c21)CCO3. The van der Waals surface area contributed by atoms with Crippen molar-refractivity contribution in [3.63, 3.8) is 0 Å². The van der Waals surface area contributed by atoms with Crippen LogP contribution in [-0.2, 0) is 11.2 Å². The molecule has 1 atom stereocenters. The summed E-state index contributed by atoms with van der Waals surface area (Å²) >= 11 is 0. The predicted octanol–water partition coefficient (Wildman–Crippen LogP) is 2.68. The Kier molecular flexibility index (Phi) is 4.18. The Labute approximate surface area is 127 Å². The normalized spacial score (nSPS) is 18.4. The number of rotatable bonds is 5. The van der Waals surface area contributed by atoms with Gasteiger partial charge in [-0.3, -0.25) is 4.79 Å². The van der Waals surface area contributed by atoms with Crippen LogP contribution in [0.4, 0.5) is 8.78 Å².